The molecule has 0 bridgehead atoms. The van der Waals surface area contributed by atoms with Crippen molar-refractivity contribution in [1.82, 2.24) is 19.5 Å². The lowest BCUT2D eigenvalue weighted by Crippen LogP contribution is -2.13. The van der Waals surface area contributed by atoms with Crippen molar-refractivity contribution in [3.05, 3.63) is 41.0 Å². The second-order valence-corrected chi connectivity index (χ2v) is 7.81. The summed E-state index contributed by atoms with van der Waals surface area (Å²) in [7, 11) is 1.75. The molecule has 5 heteroatoms. The maximum atomic E-state index is 5.41. The average Bonchev–Trinajstić information content (AvgIpc) is 3.00. The first-order valence-electron chi connectivity index (χ1n) is 10.3. The highest BCUT2D eigenvalue weighted by Crippen LogP contribution is 2.30. The molecule has 0 aliphatic carbocycles. The van der Waals surface area contributed by atoms with Crippen LogP contribution in [0.5, 0.6) is 0 Å². The fourth-order valence-electron chi connectivity index (χ4n) is 3.73. The van der Waals surface area contributed by atoms with E-state index < -0.39 is 0 Å². The van der Waals surface area contributed by atoms with Gasteiger partial charge in [-0.25, -0.2) is 9.97 Å². The first kappa shape index (κ1) is 20.5. The summed E-state index contributed by atoms with van der Waals surface area (Å²) in [6, 6.07) is 4.54. The van der Waals surface area contributed by atoms with Crippen molar-refractivity contribution >= 4 is 11.2 Å². The zero-order valence-corrected chi connectivity index (χ0v) is 18.2. The van der Waals surface area contributed by atoms with Crippen LogP contribution >= 0.6 is 0 Å². The summed E-state index contributed by atoms with van der Waals surface area (Å²) in [5.41, 5.74) is 8.22. The highest BCUT2D eigenvalue weighted by atomic mass is 16.5. The monoisotopic (exact) mass is 380 g/mol. The van der Waals surface area contributed by atoms with Crippen LogP contribution in [0.1, 0.15) is 68.7 Å². The number of aromatic nitrogens is 4. The van der Waals surface area contributed by atoms with E-state index in [2.05, 4.69) is 57.5 Å². The third kappa shape index (κ3) is 3.68. The molecule has 0 amide bonds. The largest absolute Gasteiger partial charge is 0.383 e. The Kier molecular flexibility index (Phi) is 6.14. The lowest BCUT2D eigenvalue weighted by Gasteiger charge is -2.17. The molecule has 3 aromatic rings. The van der Waals surface area contributed by atoms with Crippen molar-refractivity contribution in [2.24, 2.45) is 0 Å². The molecule has 0 saturated carbocycles. The lowest BCUT2D eigenvalue weighted by molar-refractivity contribution is 0.154. The third-order valence-corrected chi connectivity index (χ3v) is 5.40. The van der Waals surface area contributed by atoms with Crippen LogP contribution in [0.4, 0.5) is 0 Å². The van der Waals surface area contributed by atoms with Crippen molar-refractivity contribution in [2.75, 3.05) is 13.7 Å². The van der Waals surface area contributed by atoms with Crippen LogP contribution in [0.15, 0.2) is 18.3 Å². The quantitative estimate of drug-likeness (QED) is 0.551. The van der Waals surface area contributed by atoms with Crippen LogP contribution in [-0.4, -0.2) is 33.2 Å². The van der Waals surface area contributed by atoms with Gasteiger partial charge in [-0.3, -0.25) is 4.98 Å². The fourth-order valence-corrected chi connectivity index (χ4v) is 3.73. The van der Waals surface area contributed by atoms with Crippen molar-refractivity contribution in [2.45, 2.75) is 66.3 Å². The van der Waals surface area contributed by atoms with Gasteiger partial charge in [0.2, 0.25) is 0 Å². The van der Waals surface area contributed by atoms with Gasteiger partial charge in [0.05, 0.1) is 24.0 Å². The summed E-state index contributed by atoms with van der Waals surface area (Å²) in [6.45, 7) is 13.5. The van der Waals surface area contributed by atoms with E-state index in [9.17, 15) is 0 Å². The lowest BCUT2D eigenvalue weighted by atomic mass is 10.0. The molecular weight excluding hydrogens is 348 g/mol. The first-order chi connectivity index (χ1) is 13.4. The Balaban J connectivity index is 2.17. The standard InChI is InChI=1S/C23H32N4O/c1-8-17(13-28-7)27-12-15(5)21-23(27)24-16(6)22(26-21)18-10-11-20(14(3)4)25-19(18)9-2/h10-12,14,17H,8-9,13H2,1-7H3. The Morgan fingerprint density at radius 3 is 2.43 bits per heavy atom. The van der Waals surface area contributed by atoms with Gasteiger partial charge in [-0.05, 0) is 50.3 Å². The molecule has 0 spiro atoms. The highest BCUT2D eigenvalue weighted by Gasteiger charge is 2.19. The van der Waals surface area contributed by atoms with E-state index >= 15 is 0 Å². The van der Waals surface area contributed by atoms with Gasteiger partial charge in [-0.1, -0.05) is 27.7 Å². The number of fused-ring (bicyclic) bond motifs is 1. The normalized spacial score (nSPS) is 12.9. The van der Waals surface area contributed by atoms with E-state index in [1.807, 2.05) is 6.92 Å². The summed E-state index contributed by atoms with van der Waals surface area (Å²) < 4.78 is 7.64. The van der Waals surface area contributed by atoms with E-state index in [0.717, 1.165) is 57.9 Å². The Morgan fingerprint density at radius 1 is 1.07 bits per heavy atom. The predicted molar refractivity (Wildman–Crippen MR) is 115 cm³/mol. The summed E-state index contributed by atoms with van der Waals surface area (Å²) in [6.07, 6.45) is 4.02. The SMILES string of the molecule is CCc1nc(C(C)C)ccc1-c1nc2c(C)cn(C(CC)COC)c2nc1C. The van der Waals surface area contributed by atoms with E-state index in [4.69, 9.17) is 19.7 Å². The van der Waals surface area contributed by atoms with E-state index in [-0.39, 0.29) is 6.04 Å². The number of hydrogen-bond acceptors (Lipinski definition) is 4. The molecule has 0 radical (unpaired) electrons. The zero-order chi connectivity index (χ0) is 20.4. The van der Waals surface area contributed by atoms with Gasteiger partial charge >= 0.3 is 0 Å². The van der Waals surface area contributed by atoms with Crippen LogP contribution in [0.3, 0.4) is 0 Å². The van der Waals surface area contributed by atoms with Crippen molar-refractivity contribution in [1.29, 1.82) is 0 Å². The van der Waals surface area contributed by atoms with Crippen molar-refractivity contribution in [3.63, 3.8) is 0 Å². The van der Waals surface area contributed by atoms with E-state index in [1.165, 1.54) is 0 Å². The maximum Gasteiger partial charge on any atom is 0.159 e. The average molecular weight is 381 g/mol. The van der Waals surface area contributed by atoms with Crippen molar-refractivity contribution in [3.8, 4) is 11.3 Å². The highest BCUT2D eigenvalue weighted by molar-refractivity contribution is 5.80. The first-order valence-corrected chi connectivity index (χ1v) is 10.3. The molecule has 0 N–H and O–H groups in total. The van der Waals surface area contributed by atoms with Gasteiger partial charge < -0.3 is 9.30 Å². The number of nitrogens with zero attached hydrogens (tertiary/aromatic N) is 4. The number of methoxy groups -OCH3 is 1. The molecule has 1 unspecified atom stereocenters. The second kappa shape index (κ2) is 8.39. The topological polar surface area (TPSA) is 52.8 Å². The fraction of sp³-hybridized carbons (Fsp3) is 0.522. The minimum atomic E-state index is 0.263. The van der Waals surface area contributed by atoms with Crippen LogP contribution in [-0.2, 0) is 11.2 Å². The molecule has 3 heterocycles. The predicted octanol–water partition coefficient (Wildman–Crippen LogP) is 5.39. The molecule has 0 fully saturated rings. The van der Waals surface area contributed by atoms with Crippen LogP contribution in [0, 0.1) is 13.8 Å². The number of aryl methyl sites for hydroxylation is 3. The molecule has 3 aromatic heterocycles. The Labute approximate surface area is 168 Å². The maximum absolute atomic E-state index is 5.41. The zero-order valence-electron chi connectivity index (χ0n) is 18.2. The third-order valence-electron chi connectivity index (χ3n) is 5.40. The molecule has 150 valence electrons. The smallest absolute Gasteiger partial charge is 0.159 e. The van der Waals surface area contributed by atoms with Gasteiger partial charge in [0.15, 0.2) is 5.65 Å². The number of hydrogen-bond donors (Lipinski definition) is 0. The van der Waals surface area contributed by atoms with E-state index in [1.54, 1.807) is 7.11 Å². The van der Waals surface area contributed by atoms with E-state index in [0.29, 0.717) is 12.5 Å². The van der Waals surface area contributed by atoms with Gasteiger partial charge in [0, 0.05) is 30.3 Å². The van der Waals surface area contributed by atoms with Crippen LogP contribution in [0.2, 0.25) is 0 Å². The second-order valence-electron chi connectivity index (χ2n) is 7.81. The van der Waals surface area contributed by atoms with Gasteiger partial charge in [0.1, 0.15) is 5.52 Å². The minimum Gasteiger partial charge on any atom is -0.383 e. The summed E-state index contributed by atoms with van der Waals surface area (Å²) >= 11 is 0. The molecule has 28 heavy (non-hydrogen) atoms. The van der Waals surface area contributed by atoms with Crippen LogP contribution in [0.25, 0.3) is 22.4 Å². The molecule has 5 nitrogen and oxygen atoms in total. The van der Waals surface area contributed by atoms with Crippen LogP contribution < -0.4 is 0 Å². The number of ether oxygens (including phenoxy) is 1. The number of rotatable bonds is 7. The summed E-state index contributed by atoms with van der Waals surface area (Å²) in [4.78, 5) is 14.9. The van der Waals surface area contributed by atoms with Crippen molar-refractivity contribution < 1.29 is 4.74 Å². The summed E-state index contributed by atoms with van der Waals surface area (Å²) in [5.74, 6) is 0.414. The van der Waals surface area contributed by atoms with Gasteiger partial charge in [0.25, 0.3) is 0 Å². The van der Waals surface area contributed by atoms with Gasteiger partial charge in [-0.15, -0.1) is 0 Å². The number of pyridine rings is 1. The molecule has 0 aliphatic heterocycles. The van der Waals surface area contributed by atoms with Gasteiger partial charge in [-0.2, -0.15) is 0 Å². The molecule has 0 saturated heterocycles. The Morgan fingerprint density at radius 2 is 1.82 bits per heavy atom. The molecule has 3 rings (SSSR count). The molecule has 0 aliphatic rings. The molecular formula is C23H32N4O. The summed E-state index contributed by atoms with van der Waals surface area (Å²) in [5, 5.41) is 0. The molecule has 1 atom stereocenters. The minimum absolute atomic E-state index is 0.263. The Bertz CT molecular complexity index is 974. The Hall–Kier alpha value is -2.27. The molecule has 0 aromatic carbocycles.